The van der Waals surface area contributed by atoms with Crippen molar-refractivity contribution in [2.24, 2.45) is 11.7 Å². The summed E-state index contributed by atoms with van der Waals surface area (Å²) in [6.45, 7) is 3.48. The van der Waals surface area contributed by atoms with Gasteiger partial charge in [0.1, 0.15) is 42.3 Å². The van der Waals surface area contributed by atoms with E-state index in [4.69, 9.17) is 5.73 Å². The van der Waals surface area contributed by atoms with Crippen molar-refractivity contribution in [3.63, 3.8) is 0 Å². The lowest BCUT2D eigenvalue weighted by molar-refractivity contribution is -0.143. The third kappa shape index (κ3) is 15.1. The molecule has 4 heterocycles. The van der Waals surface area contributed by atoms with Crippen LogP contribution in [-0.2, 0) is 56.0 Å². The number of primary amides is 1. The maximum atomic E-state index is 14.9. The van der Waals surface area contributed by atoms with Gasteiger partial charge in [0.15, 0.2) is 0 Å². The highest BCUT2D eigenvalue weighted by Gasteiger charge is 2.41. The highest BCUT2D eigenvalue weighted by molar-refractivity contribution is 5.99. The number of para-hydroxylation sites is 1. The van der Waals surface area contributed by atoms with Crippen LogP contribution in [0.15, 0.2) is 42.9 Å². The molecule has 3 aromatic rings. The molecule has 70 heavy (non-hydrogen) atoms. The Morgan fingerprint density at radius 2 is 1.51 bits per heavy atom. The number of fused-ring (bicyclic) bond motifs is 2. The zero-order valence-electron chi connectivity index (χ0n) is 40.2. The van der Waals surface area contributed by atoms with E-state index in [1.807, 2.05) is 37.3 Å². The standard InChI is InChI=1S/C49H70N12O9/c1-3-4-16-36(54-29(2)62)44(65)58-39-26-42(63)52-20-11-10-18-35(43(50)64)56-45(66)37(24-32-23-31-15-8-9-17-34(31)55-32)59-48(69)41-19-12-21-61(41)49(70)40(22-30-13-6-5-7-14-30)60-46(67)38(57-47(39)68)25-33-27-51-28-53-33/h8-9,15,17,23,27-28,30,35-41,55H,3-7,10-14,16,18-22,24-26H2,1-2H3,(H2,50,64)(H,51,53)(H,52,63)(H,54,62)(H,56,66)(H,57,68)(H,58,65)(H,59,69)(H,60,67)/t35-,36-,37-,38-,39-,40+,41-/m0/s1. The van der Waals surface area contributed by atoms with Crippen LogP contribution in [0.25, 0.3) is 10.9 Å². The molecule has 2 saturated heterocycles. The molecule has 1 aromatic carbocycles. The Bertz CT molecular complexity index is 2280. The lowest BCUT2D eigenvalue weighted by Crippen LogP contribution is -2.60. The fourth-order valence-corrected chi connectivity index (χ4v) is 9.71. The van der Waals surface area contributed by atoms with Crippen molar-refractivity contribution >= 4 is 64.1 Å². The van der Waals surface area contributed by atoms with Crippen LogP contribution in [0.3, 0.4) is 0 Å². The fourth-order valence-electron chi connectivity index (χ4n) is 9.71. The second kappa shape index (κ2) is 25.7. The van der Waals surface area contributed by atoms with Crippen molar-refractivity contribution in [2.45, 2.75) is 165 Å². The highest BCUT2D eigenvalue weighted by atomic mass is 16.2. The number of unbranched alkanes of at least 4 members (excludes halogenated alkanes) is 1. The molecule has 380 valence electrons. The van der Waals surface area contributed by atoms with Gasteiger partial charge in [0.2, 0.25) is 53.2 Å². The van der Waals surface area contributed by atoms with Crippen molar-refractivity contribution < 1.29 is 43.2 Å². The van der Waals surface area contributed by atoms with Crippen LogP contribution in [0.2, 0.25) is 0 Å². The normalized spacial score (nSPS) is 24.6. The molecule has 3 aliphatic rings. The minimum atomic E-state index is -1.51. The Labute approximate surface area is 407 Å². The van der Waals surface area contributed by atoms with Crippen LogP contribution in [0.4, 0.5) is 0 Å². The molecule has 9 amide bonds. The first-order valence-electron chi connectivity index (χ1n) is 24.9. The molecular weight excluding hydrogens is 901 g/mol. The van der Waals surface area contributed by atoms with E-state index < -0.39 is 102 Å². The molecule has 1 saturated carbocycles. The SMILES string of the molecule is CCCC[C@H](NC(C)=O)C(=O)N[C@H]1CC(=O)NCCCC[C@@H](C(N)=O)NC(=O)[C@H](Cc2cc3ccccc3[nH]2)NC(=O)[C@@H]2CCCN2C(=O)[C@@H](CC2CCCCC2)NC(=O)[C@H](Cc2cnc[nH]2)NC1=O. The van der Waals surface area contributed by atoms with Gasteiger partial charge in [0.25, 0.3) is 0 Å². The Hall–Kier alpha value is -6.80. The third-order valence-electron chi connectivity index (χ3n) is 13.5. The van der Waals surface area contributed by atoms with Crippen molar-refractivity contribution in [3.8, 4) is 0 Å². The molecule has 0 unspecified atom stereocenters. The van der Waals surface area contributed by atoms with Gasteiger partial charge in [-0.25, -0.2) is 4.98 Å². The number of hydrogen-bond donors (Lipinski definition) is 10. The van der Waals surface area contributed by atoms with Gasteiger partial charge in [-0.1, -0.05) is 70.1 Å². The number of carbonyl (C=O) groups excluding carboxylic acids is 9. The number of nitrogens with zero attached hydrogens (tertiary/aromatic N) is 2. The third-order valence-corrected chi connectivity index (χ3v) is 13.5. The van der Waals surface area contributed by atoms with Gasteiger partial charge in [0, 0.05) is 56.0 Å². The van der Waals surface area contributed by atoms with Crippen molar-refractivity contribution in [1.82, 2.24) is 57.1 Å². The van der Waals surface area contributed by atoms with Gasteiger partial charge >= 0.3 is 0 Å². The Kier molecular flexibility index (Phi) is 19.3. The second-order valence-electron chi connectivity index (χ2n) is 18.9. The summed E-state index contributed by atoms with van der Waals surface area (Å²) in [5.74, 6) is -5.84. The number of imidazole rings is 1. The molecule has 21 nitrogen and oxygen atoms in total. The molecule has 2 aliphatic heterocycles. The summed E-state index contributed by atoms with van der Waals surface area (Å²) >= 11 is 0. The van der Waals surface area contributed by atoms with Crippen LogP contribution >= 0.6 is 0 Å². The number of aromatic nitrogens is 3. The van der Waals surface area contributed by atoms with E-state index in [0.29, 0.717) is 37.1 Å². The summed E-state index contributed by atoms with van der Waals surface area (Å²) in [6.07, 6.45) is 10.2. The van der Waals surface area contributed by atoms with Gasteiger partial charge in [-0.2, -0.15) is 0 Å². The molecule has 21 heteroatoms. The van der Waals surface area contributed by atoms with Crippen molar-refractivity contribution in [1.29, 1.82) is 0 Å². The number of hydrogen-bond acceptors (Lipinski definition) is 10. The lowest BCUT2D eigenvalue weighted by Gasteiger charge is -2.33. The molecule has 0 radical (unpaired) electrons. The summed E-state index contributed by atoms with van der Waals surface area (Å²) < 4.78 is 0. The Morgan fingerprint density at radius 3 is 2.21 bits per heavy atom. The molecule has 11 N–H and O–H groups in total. The molecule has 2 aromatic heterocycles. The van der Waals surface area contributed by atoms with E-state index >= 15 is 0 Å². The van der Waals surface area contributed by atoms with Crippen LogP contribution in [-0.4, -0.2) is 128 Å². The molecule has 0 bridgehead atoms. The molecular formula is C49H70N12O9. The predicted molar refractivity (Wildman–Crippen MR) is 258 cm³/mol. The number of nitrogens with one attached hydrogen (secondary N) is 9. The van der Waals surface area contributed by atoms with E-state index in [-0.39, 0.29) is 57.5 Å². The maximum Gasteiger partial charge on any atom is 0.245 e. The first kappa shape index (κ1) is 52.6. The van der Waals surface area contributed by atoms with Gasteiger partial charge in [-0.15, -0.1) is 0 Å². The van der Waals surface area contributed by atoms with Crippen LogP contribution in [0, 0.1) is 5.92 Å². The van der Waals surface area contributed by atoms with E-state index in [1.165, 1.54) is 24.3 Å². The Balaban J connectivity index is 1.33. The van der Waals surface area contributed by atoms with E-state index in [2.05, 4.69) is 52.2 Å². The summed E-state index contributed by atoms with van der Waals surface area (Å²) in [5.41, 5.74) is 7.73. The summed E-state index contributed by atoms with van der Waals surface area (Å²) in [4.78, 5) is 137. The van der Waals surface area contributed by atoms with E-state index in [9.17, 15) is 43.2 Å². The molecule has 7 atom stereocenters. The molecule has 3 fully saturated rings. The zero-order valence-corrected chi connectivity index (χ0v) is 40.2. The minimum absolute atomic E-state index is 0.0162. The molecule has 1 aliphatic carbocycles. The van der Waals surface area contributed by atoms with Crippen LogP contribution in [0.5, 0.6) is 0 Å². The van der Waals surface area contributed by atoms with Crippen molar-refractivity contribution in [2.75, 3.05) is 13.1 Å². The number of rotatable bonds is 13. The van der Waals surface area contributed by atoms with Gasteiger partial charge in [-0.05, 0) is 68.4 Å². The smallest absolute Gasteiger partial charge is 0.245 e. The van der Waals surface area contributed by atoms with E-state index in [0.717, 1.165) is 49.4 Å². The highest BCUT2D eigenvalue weighted by Crippen LogP contribution is 2.29. The quantitative estimate of drug-likeness (QED) is 0.116. The number of benzene rings is 1. The number of carbonyl (C=O) groups is 9. The Morgan fingerprint density at radius 1 is 0.814 bits per heavy atom. The number of amides is 9. The topological polar surface area (TPSA) is 312 Å². The summed E-state index contributed by atoms with van der Waals surface area (Å²) in [7, 11) is 0. The van der Waals surface area contributed by atoms with Crippen LogP contribution < -0.4 is 43.0 Å². The fraction of sp³-hybridized carbons (Fsp3) is 0.592. The predicted octanol–water partition coefficient (Wildman–Crippen LogP) is 0.932. The van der Waals surface area contributed by atoms with Gasteiger partial charge < -0.3 is 57.8 Å². The molecule has 6 rings (SSSR count). The first-order valence-corrected chi connectivity index (χ1v) is 24.9. The lowest BCUT2D eigenvalue weighted by atomic mass is 9.84. The number of H-pyrrole nitrogens is 2. The van der Waals surface area contributed by atoms with Gasteiger partial charge in [0.05, 0.1) is 12.7 Å². The average molecular weight is 971 g/mol. The number of aromatic amines is 2. The van der Waals surface area contributed by atoms with E-state index in [1.54, 1.807) is 0 Å². The second-order valence-corrected chi connectivity index (χ2v) is 18.9. The van der Waals surface area contributed by atoms with Crippen LogP contribution in [0.1, 0.15) is 122 Å². The number of nitrogens with two attached hydrogens (primary N) is 1. The largest absolute Gasteiger partial charge is 0.368 e. The van der Waals surface area contributed by atoms with Gasteiger partial charge in [-0.3, -0.25) is 43.2 Å². The summed E-state index contributed by atoms with van der Waals surface area (Å²) in [5, 5.41) is 20.2. The van der Waals surface area contributed by atoms with Crippen molar-refractivity contribution in [3.05, 3.63) is 54.2 Å². The average Bonchev–Trinajstić information content (AvgIpc) is 4.13. The summed E-state index contributed by atoms with van der Waals surface area (Å²) in [6, 6.07) is 1.10. The zero-order chi connectivity index (χ0) is 50.2. The minimum Gasteiger partial charge on any atom is -0.368 e. The first-order chi connectivity index (χ1) is 33.7. The molecule has 0 spiro atoms. The monoisotopic (exact) mass is 971 g/mol. The maximum absolute atomic E-state index is 14.9.